The topological polar surface area (TPSA) is 0 Å². The van der Waals surface area contributed by atoms with E-state index < -0.39 is 0 Å². The van der Waals surface area contributed by atoms with E-state index in [4.69, 9.17) is 0 Å². The van der Waals surface area contributed by atoms with Crippen LogP contribution in [0.1, 0.15) is 38.9 Å². The van der Waals surface area contributed by atoms with Crippen molar-refractivity contribution < 1.29 is 0 Å². The lowest BCUT2D eigenvalue weighted by Crippen LogP contribution is -2.00. The Morgan fingerprint density at radius 1 is 0.478 bits per heavy atom. The normalized spacial score (nSPS) is 12.1. The number of hydrogen-bond acceptors (Lipinski definition) is 0. The third-order valence-corrected chi connectivity index (χ3v) is 6.29. The van der Waals surface area contributed by atoms with Gasteiger partial charge in [0.1, 0.15) is 0 Å². The number of benzene rings is 4. The molecule has 0 fully saturated rings. The summed E-state index contributed by atoms with van der Waals surface area (Å²) in [6, 6.07) is 7.00. The summed E-state index contributed by atoms with van der Waals surface area (Å²) in [5.74, 6) is 0. The van der Waals surface area contributed by atoms with Crippen molar-refractivity contribution in [2.45, 2.75) is 48.5 Å². The molecule has 0 aromatic heterocycles. The first-order valence-electron chi connectivity index (χ1n) is 8.49. The Balaban J connectivity index is 2.53. The van der Waals surface area contributed by atoms with Gasteiger partial charge >= 0.3 is 0 Å². The smallest absolute Gasteiger partial charge is 0.00183 e. The van der Waals surface area contributed by atoms with Gasteiger partial charge in [-0.1, -0.05) is 18.2 Å². The molecule has 0 aliphatic carbocycles. The highest BCUT2D eigenvalue weighted by Gasteiger charge is 2.19. The second kappa shape index (κ2) is 4.47. The van der Waals surface area contributed by atoms with E-state index in [-0.39, 0.29) is 0 Å². The van der Waals surface area contributed by atoms with Gasteiger partial charge in [-0.2, -0.15) is 0 Å². The summed E-state index contributed by atoms with van der Waals surface area (Å²) in [5.41, 5.74) is 10.0. The maximum Gasteiger partial charge on any atom is -0.00183 e. The zero-order valence-corrected chi connectivity index (χ0v) is 15.2. The first-order valence-corrected chi connectivity index (χ1v) is 8.49. The molecule has 0 amide bonds. The van der Waals surface area contributed by atoms with Crippen LogP contribution < -0.4 is 0 Å². The number of rotatable bonds is 0. The van der Waals surface area contributed by atoms with Crippen LogP contribution in [-0.2, 0) is 0 Å². The van der Waals surface area contributed by atoms with Crippen LogP contribution in [0.5, 0.6) is 0 Å². The molecule has 4 aromatic carbocycles. The maximum atomic E-state index is 2.36. The van der Waals surface area contributed by atoms with Crippen LogP contribution in [0.2, 0.25) is 0 Å². The fraction of sp³-hybridized carbons (Fsp3) is 0.304. The van der Waals surface area contributed by atoms with Crippen molar-refractivity contribution in [1.82, 2.24) is 0 Å². The van der Waals surface area contributed by atoms with Gasteiger partial charge in [0.2, 0.25) is 0 Å². The van der Waals surface area contributed by atoms with E-state index in [0.717, 1.165) is 0 Å². The lowest BCUT2D eigenvalue weighted by atomic mass is 9.81. The van der Waals surface area contributed by atoms with E-state index in [1.165, 1.54) is 71.3 Å². The summed E-state index contributed by atoms with van der Waals surface area (Å²) in [6.45, 7) is 15.9. The molecule has 0 nitrogen and oxygen atoms in total. The standard InChI is InChI=1S/C23H24/c1-11-10-18-8-9-19-14(4)13(3)15(5)21-17(7)16(6)20(12(11)2)22(18)23(19)21/h8-10H,1-7H3. The molecule has 0 bridgehead atoms. The molecule has 0 N–H and O–H groups in total. The fourth-order valence-electron chi connectivity index (χ4n) is 4.48. The van der Waals surface area contributed by atoms with Gasteiger partial charge in [0.05, 0.1) is 0 Å². The monoisotopic (exact) mass is 300 g/mol. The molecule has 0 unspecified atom stereocenters. The third-order valence-electron chi connectivity index (χ3n) is 6.29. The number of aryl methyl sites for hydroxylation is 6. The minimum absolute atomic E-state index is 1.38. The van der Waals surface area contributed by atoms with E-state index in [2.05, 4.69) is 66.7 Å². The van der Waals surface area contributed by atoms with Crippen LogP contribution in [0.4, 0.5) is 0 Å². The zero-order valence-electron chi connectivity index (χ0n) is 15.2. The highest BCUT2D eigenvalue weighted by molar-refractivity contribution is 6.27. The molecule has 0 atom stereocenters. The van der Waals surface area contributed by atoms with E-state index in [0.29, 0.717) is 0 Å². The largest absolute Gasteiger partial charge is 0.0537 e. The predicted molar refractivity (Wildman–Crippen MR) is 103 cm³/mol. The van der Waals surface area contributed by atoms with Gasteiger partial charge in [-0.15, -0.1) is 0 Å². The summed E-state index contributed by atoms with van der Waals surface area (Å²) in [7, 11) is 0. The summed E-state index contributed by atoms with van der Waals surface area (Å²) in [4.78, 5) is 0. The first kappa shape index (κ1) is 14.5. The SMILES string of the molecule is Cc1cc2ccc3c(C)c(C)c(C)c4c(C)c(C)c(c1C)c2c34. The van der Waals surface area contributed by atoms with Crippen LogP contribution >= 0.6 is 0 Å². The van der Waals surface area contributed by atoms with Crippen LogP contribution in [0, 0.1) is 48.5 Å². The Labute approximate surface area is 138 Å². The quantitative estimate of drug-likeness (QED) is 0.315. The molecular weight excluding hydrogens is 276 g/mol. The molecule has 0 aliphatic heterocycles. The Morgan fingerprint density at radius 2 is 1.04 bits per heavy atom. The van der Waals surface area contributed by atoms with E-state index in [1.807, 2.05) is 0 Å². The van der Waals surface area contributed by atoms with E-state index in [9.17, 15) is 0 Å². The molecule has 23 heavy (non-hydrogen) atoms. The summed E-state index contributed by atoms with van der Waals surface area (Å²) >= 11 is 0. The van der Waals surface area contributed by atoms with E-state index >= 15 is 0 Å². The molecule has 0 saturated carbocycles. The maximum absolute atomic E-state index is 2.36. The van der Waals surface area contributed by atoms with E-state index in [1.54, 1.807) is 0 Å². The van der Waals surface area contributed by atoms with Crippen LogP contribution in [0.3, 0.4) is 0 Å². The lowest BCUT2D eigenvalue weighted by molar-refractivity contribution is 1.29. The van der Waals surface area contributed by atoms with Crippen molar-refractivity contribution in [3.05, 3.63) is 57.1 Å². The second-order valence-corrected chi connectivity index (χ2v) is 7.28. The van der Waals surface area contributed by atoms with Gasteiger partial charge in [0, 0.05) is 0 Å². The van der Waals surface area contributed by atoms with Gasteiger partial charge in [-0.25, -0.2) is 0 Å². The van der Waals surface area contributed by atoms with Gasteiger partial charge in [0.25, 0.3) is 0 Å². The molecule has 0 radical (unpaired) electrons. The zero-order chi connectivity index (χ0) is 16.6. The van der Waals surface area contributed by atoms with Crippen LogP contribution in [-0.4, -0.2) is 0 Å². The lowest BCUT2D eigenvalue weighted by Gasteiger charge is -2.23. The summed E-state index contributed by atoms with van der Waals surface area (Å²) < 4.78 is 0. The molecule has 116 valence electrons. The molecule has 0 spiro atoms. The Hall–Kier alpha value is -2.08. The average Bonchev–Trinajstić information content (AvgIpc) is 2.52. The molecular formula is C23H24. The third kappa shape index (κ3) is 1.62. The van der Waals surface area contributed by atoms with Crippen molar-refractivity contribution in [3.8, 4) is 0 Å². The average molecular weight is 300 g/mol. The highest BCUT2D eigenvalue weighted by Crippen LogP contribution is 2.44. The minimum Gasteiger partial charge on any atom is -0.0537 e. The van der Waals surface area contributed by atoms with Gasteiger partial charge in [0.15, 0.2) is 0 Å². The fourth-order valence-corrected chi connectivity index (χ4v) is 4.48. The Kier molecular flexibility index (Phi) is 2.82. The first-order chi connectivity index (χ1) is 10.8. The molecule has 4 aromatic rings. The number of hydrogen-bond donors (Lipinski definition) is 0. The minimum atomic E-state index is 1.38. The Morgan fingerprint density at radius 3 is 1.70 bits per heavy atom. The second-order valence-electron chi connectivity index (χ2n) is 7.28. The molecule has 0 saturated heterocycles. The molecule has 0 heteroatoms. The van der Waals surface area contributed by atoms with Gasteiger partial charge in [-0.05, 0) is 120 Å². The molecule has 0 heterocycles. The van der Waals surface area contributed by atoms with Crippen molar-refractivity contribution in [3.63, 3.8) is 0 Å². The summed E-state index contributed by atoms with van der Waals surface area (Å²) in [5, 5.41) is 8.69. The molecule has 4 rings (SSSR count). The highest BCUT2D eigenvalue weighted by atomic mass is 14.2. The van der Waals surface area contributed by atoms with Gasteiger partial charge < -0.3 is 0 Å². The summed E-state index contributed by atoms with van der Waals surface area (Å²) in [6.07, 6.45) is 0. The Bertz CT molecular complexity index is 1110. The predicted octanol–water partition coefficient (Wildman–Crippen LogP) is 6.74. The van der Waals surface area contributed by atoms with Crippen LogP contribution in [0.15, 0.2) is 18.2 Å². The molecule has 0 aliphatic rings. The van der Waals surface area contributed by atoms with Crippen molar-refractivity contribution in [2.75, 3.05) is 0 Å². The van der Waals surface area contributed by atoms with Crippen molar-refractivity contribution >= 4 is 32.3 Å². The van der Waals surface area contributed by atoms with Gasteiger partial charge in [-0.3, -0.25) is 0 Å². The van der Waals surface area contributed by atoms with Crippen molar-refractivity contribution in [1.29, 1.82) is 0 Å². The van der Waals surface area contributed by atoms with Crippen LogP contribution in [0.25, 0.3) is 32.3 Å². The van der Waals surface area contributed by atoms with Crippen molar-refractivity contribution in [2.24, 2.45) is 0 Å².